The molecule has 0 atom stereocenters. The van der Waals surface area contributed by atoms with Crippen molar-refractivity contribution in [3.8, 4) is 0 Å². The molecule has 1 aromatic heterocycles. The standard InChI is InChI=1S/C26H35N5O3/c1-34-25(32)13-14-27-16-19-9-11-21(12-10-19)30-26(33)23-15-24(29-18-28-23)31(17-20-7-8-20)22-5-3-2-4-6-22/h9-12,15,18,20,22,27H,2-8,13-14,16-17H2,1H3,(H,30,33). The van der Waals surface area contributed by atoms with Gasteiger partial charge in [0.15, 0.2) is 0 Å². The normalized spacial score (nSPS) is 16.1. The Morgan fingerprint density at radius 3 is 2.53 bits per heavy atom. The highest BCUT2D eigenvalue weighted by atomic mass is 16.5. The van der Waals surface area contributed by atoms with Crippen LogP contribution in [0.4, 0.5) is 11.5 Å². The van der Waals surface area contributed by atoms with E-state index in [2.05, 4.69) is 30.2 Å². The van der Waals surface area contributed by atoms with Gasteiger partial charge in [0.2, 0.25) is 0 Å². The summed E-state index contributed by atoms with van der Waals surface area (Å²) < 4.78 is 4.63. The first kappa shape index (κ1) is 24.1. The molecule has 4 rings (SSSR count). The van der Waals surface area contributed by atoms with Gasteiger partial charge in [-0.1, -0.05) is 31.4 Å². The summed E-state index contributed by atoms with van der Waals surface area (Å²) in [6.45, 7) is 2.22. The van der Waals surface area contributed by atoms with Crippen molar-refractivity contribution in [2.45, 2.75) is 64.0 Å². The highest BCUT2D eigenvalue weighted by Crippen LogP contribution is 2.34. The number of rotatable bonds is 11. The second-order valence-corrected chi connectivity index (χ2v) is 9.30. The number of benzene rings is 1. The Morgan fingerprint density at radius 2 is 1.82 bits per heavy atom. The summed E-state index contributed by atoms with van der Waals surface area (Å²) in [5, 5.41) is 6.15. The van der Waals surface area contributed by atoms with Gasteiger partial charge in [0.1, 0.15) is 17.8 Å². The zero-order chi connectivity index (χ0) is 23.8. The molecule has 34 heavy (non-hydrogen) atoms. The summed E-state index contributed by atoms with van der Waals surface area (Å²) in [6.07, 6.45) is 10.7. The highest BCUT2D eigenvalue weighted by molar-refractivity contribution is 6.03. The fraction of sp³-hybridized carbons (Fsp3) is 0.538. The number of methoxy groups -OCH3 is 1. The Hall–Kier alpha value is -3.00. The van der Waals surface area contributed by atoms with Gasteiger partial charge in [0, 0.05) is 37.4 Å². The smallest absolute Gasteiger partial charge is 0.306 e. The van der Waals surface area contributed by atoms with Crippen molar-refractivity contribution in [2.24, 2.45) is 5.92 Å². The zero-order valence-electron chi connectivity index (χ0n) is 20.0. The van der Waals surface area contributed by atoms with Crippen LogP contribution in [0.25, 0.3) is 0 Å². The molecule has 1 aromatic carbocycles. The number of nitrogens with one attached hydrogen (secondary N) is 2. The maximum atomic E-state index is 12.9. The first-order valence-electron chi connectivity index (χ1n) is 12.4. The van der Waals surface area contributed by atoms with Crippen molar-refractivity contribution in [1.82, 2.24) is 15.3 Å². The molecular formula is C26H35N5O3. The van der Waals surface area contributed by atoms with Gasteiger partial charge in [0.25, 0.3) is 5.91 Å². The van der Waals surface area contributed by atoms with E-state index in [4.69, 9.17) is 0 Å². The Morgan fingerprint density at radius 1 is 1.06 bits per heavy atom. The molecule has 1 amide bonds. The molecule has 8 heteroatoms. The van der Waals surface area contributed by atoms with Gasteiger partial charge < -0.3 is 20.3 Å². The molecule has 0 spiro atoms. The van der Waals surface area contributed by atoms with Gasteiger partial charge in [-0.15, -0.1) is 0 Å². The minimum absolute atomic E-state index is 0.229. The van der Waals surface area contributed by atoms with Crippen molar-refractivity contribution >= 4 is 23.4 Å². The molecule has 2 aromatic rings. The monoisotopic (exact) mass is 465 g/mol. The predicted octanol–water partition coefficient (Wildman–Crippen LogP) is 3.93. The van der Waals surface area contributed by atoms with E-state index in [0.717, 1.165) is 23.8 Å². The lowest BCUT2D eigenvalue weighted by molar-refractivity contribution is -0.140. The van der Waals surface area contributed by atoms with Crippen molar-refractivity contribution < 1.29 is 14.3 Å². The van der Waals surface area contributed by atoms with Gasteiger partial charge in [-0.2, -0.15) is 0 Å². The molecule has 8 nitrogen and oxygen atoms in total. The molecule has 1 heterocycles. The molecular weight excluding hydrogens is 430 g/mol. The lowest BCUT2D eigenvalue weighted by Crippen LogP contribution is -2.39. The number of nitrogens with zero attached hydrogens (tertiary/aromatic N) is 3. The third kappa shape index (κ3) is 7.00. The van der Waals surface area contributed by atoms with Crippen LogP contribution in [-0.2, 0) is 16.1 Å². The largest absolute Gasteiger partial charge is 0.469 e. The molecule has 2 N–H and O–H groups in total. The van der Waals surface area contributed by atoms with E-state index in [1.54, 1.807) is 0 Å². The number of hydrogen-bond donors (Lipinski definition) is 2. The second kappa shape index (κ2) is 11.9. The molecule has 0 radical (unpaired) electrons. The molecule has 2 aliphatic rings. The Kier molecular flexibility index (Phi) is 8.46. The molecule has 0 unspecified atom stereocenters. The minimum atomic E-state index is -0.234. The summed E-state index contributed by atoms with van der Waals surface area (Å²) in [7, 11) is 1.39. The summed E-state index contributed by atoms with van der Waals surface area (Å²) in [5.41, 5.74) is 2.16. The fourth-order valence-electron chi connectivity index (χ4n) is 4.46. The van der Waals surface area contributed by atoms with Crippen LogP contribution in [0, 0.1) is 5.92 Å². The van der Waals surface area contributed by atoms with E-state index >= 15 is 0 Å². The van der Waals surface area contributed by atoms with E-state index < -0.39 is 0 Å². The quantitative estimate of drug-likeness (QED) is 0.383. The third-order valence-electron chi connectivity index (χ3n) is 6.62. The molecule has 2 saturated carbocycles. The van der Waals surface area contributed by atoms with E-state index in [-0.39, 0.29) is 11.9 Å². The molecule has 2 fully saturated rings. The average Bonchev–Trinajstić information content (AvgIpc) is 3.71. The van der Waals surface area contributed by atoms with Gasteiger partial charge in [-0.3, -0.25) is 9.59 Å². The fourth-order valence-corrected chi connectivity index (χ4v) is 4.46. The number of amides is 1. The third-order valence-corrected chi connectivity index (χ3v) is 6.62. The van der Waals surface area contributed by atoms with Gasteiger partial charge >= 0.3 is 5.97 Å². The SMILES string of the molecule is COC(=O)CCNCc1ccc(NC(=O)c2cc(N(CC3CC3)C3CCCCC3)ncn2)cc1. The highest BCUT2D eigenvalue weighted by Gasteiger charge is 2.30. The number of anilines is 2. The first-order valence-corrected chi connectivity index (χ1v) is 12.4. The van der Waals surface area contributed by atoms with Gasteiger partial charge in [-0.05, 0) is 49.3 Å². The molecule has 2 aliphatic carbocycles. The topological polar surface area (TPSA) is 96.5 Å². The summed E-state index contributed by atoms with van der Waals surface area (Å²) in [5.74, 6) is 1.16. The maximum Gasteiger partial charge on any atom is 0.306 e. The van der Waals surface area contributed by atoms with Crippen LogP contribution in [0.2, 0.25) is 0 Å². The number of aromatic nitrogens is 2. The van der Waals surface area contributed by atoms with Crippen LogP contribution < -0.4 is 15.5 Å². The summed E-state index contributed by atoms with van der Waals surface area (Å²) in [4.78, 5) is 35.3. The number of carbonyl (C=O) groups excluding carboxylic acids is 2. The van der Waals surface area contributed by atoms with Crippen LogP contribution in [-0.4, -0.2) is 48.1 Å². The van der Waals surface area contributed by atoms with Crippen LogP contribution in [0.3, 0.4) is 0 Å². The van der Waals surface area contributed by atoms with Crippen molar-refractivity contribution in [3.05, 3.63) is 47.9 Å². The van der Waals surface area contributed by atoms with E-state index in [0.29, 0.717) is 36.9 Å². The molecule has 0 bridgehead atoms. The molecule has 182 valence electrons. The summed E-state index contributed by atoms with van der Waals surface area (Å²) in [6, 6.07) is 10.00. The number of ether oxygens (including phenoxy) is 1. The Bertz CT molecular complexity index is 955. The van der Waals surface area contributed by atoms with Gasteiger partial charge in [0.05, 0.1) is 13.5 Å². The van der Waals surface area contributed by atoms with E-state index in [1.807, 2.05) is 30.3 Å². The second-order valence-electron chi connectivity index (χ2n) is 9.30. The summed E-state index contributed by atoms with van der Waals surface area (Å²) >= 11 is 0. The van der Waals surface area contributed by atoms with Crippen LogP contribution in [0.15, 0.2) is 36.7 Å². The lowest BCUT2D eigenvalue weighted by Gasteiger charge is -2.35. The maximum absolute atomic E-state index is 12.9. The Labute approximate surface area is 201 Å². The number of carbonyl (C=O) groups is 2. The molecule has 0 aliphatic heterocycles. The zero-order valence-corrected chi connectivity index (χ0v) is 20.0. The predicted molar refractivity (Wildman–Crippen MR) is 132 cm³/mol. The van der Waals surface area contributed by atoms with Gasteiger partial charge in [-0.25, -0.2) is 9.97 Å². The number of hydrogen-bond acceptors (Lipinski definition) is 7. The van der Waals surface area contributed by atoms with E-state index in [9.17, 15) is 9.59 Å². The van der Waals surface area contributed by atoms with Crippen molar-refractivity contribution in [1.29, 1.82) is 0 Å². The van der Waals surface area contributed by atoms with Crippen molar-refractivity contribution in [2.75, 3.05) is 30.4 Å². The van der Waals surface area contributed by atoms with Crippen LogP contribution in [0.5, 0.6) is 0 Å². The average molecular weight is 466 g/mol. The minimum Gasteiger partial charge on any atom is -0.469 e. The Balaban J connectivity index is 1.34. The van der Waals surface area contributed by atoms with Crippen LogP contribution >= 0.6 is 0 Å². The lowest BCUT2D eigenvalue weighted by atomic mass is 9.94. The van der Waals surface area contributed by atoms with E-state index in [1.165, 1.54) is 58.4 Å². The first-order chi connectivity index (χ1) is 16.6. The number of esters is 1. The van der Waals surface area contributed by atoms with Crippen molar-refractivity contribution in [3.63, 3.8) is 0 Å². The van der Waals surface area contributed by atoms with Crippen LogP contribution in [0.1, 0.15) is 67.4 Å². The molecule has 0 saturated heterocycles.